The molecule has 0 aliphatic rings. The van der Waals surface area contributed by atoms with Gasteiger partial charge < -0.3 is 16.2 Å². The molecule has 20 heavy (non-hydrogen) atoms. The zero-order chi connectivity index (χ0) is 15.1. The number of rotatable bonds is 7. The van der Waals surface area contributed by atoms with Gasteiger partial charge in [0.2, 0.25) is 5.91 Å². The molecule has 0 aliphatic heterocycles. The number of nitrogens with zero attached hydrogens (tertiary/aromatic N) is 1. The number of nitrogen functional groups attached to an aromatic ring is 1. The number of carbonyl (C=O) groups is 1. The van der Waals surface area contributed by atoms with E-state index in [2.05, 4.69) is 24.1 Å². The first-order valence-electron chi connectivity index (χ1n) is 6.95. The number of benzene rings is 1. The Balaban J connectivity index is 2.51. The van der Waals surface area contributed by atoms with Crippen molar-refractivity contribution in [3.05, 3.63) is 23.8 Å². The quantitative estimate of drug-likeness (QED) is 0.663. The maximum absolute atomic E-state index is 11.9. The van der Waals surface area contributed by atoms with Crippen LogP contribution in [0.2, 0.25) is 0 Å². The second-order valence-electron chi connectivity index (χ2n) is 5.23. The summed E-state index contributed by atoms with van der Waals surface area (Å²) in [5.74, 6) is -0.0264. The third kappa shape index (κ3) is 5.19. The highest BCUT2D eigenvalue weighted by molar-refractivity contribution is 5.91. The summed E-state index contributed by atoms with van der Waals surface area (Å²) in [5, 5.41) is 11.9. The molecule has 0 saturated heterocycles. The van der Waals surface area contributed by atoms with E-state index in [1.54, 1.807) is 6.07 Å². The first kappa shape index (κ1) is 16.5. The Morgan fingerprint density at radius 3 is 2.65 bits per heavy atom. The molecule has 0 bridgehead atoms. The van der Waals surface area contributed by atoms with Gasteiger partial charge in [-0.15, -0.1) is 0 Å². The Hall–Kier alpha value is -1.59. The van der Waals surface area contributed by atoms with Crippen LogP contribution in [0.4, 0.5) is 11.4 Å². The van der Waals surface area contributed by atoms with Crippen LogP contribution in [0.1, 0.15) is 25.8 Å². The number of aryl methyl sites for hydroxylation is 1. The molecule has 1 aromatic carbocycles. The molecule has 1 rings (SSSR count). The Morgan fingerprint density at radius 1 is 1.40 bits per heavy atom. The number of aliphatic hydroxyl groups is 1. The second-order valence-corrected chi connectivity index (χ2v) is 5.23. The molecule has 0 aliphatic carbocycles. The third-order valence-corrected chi connectivity index (χ3v) is 3.27. The van der Waals surface area contributed by atoms with Crippen LogP contribution in [0.5, 0.6) is 0 Å². The van der Waals surface area contributed by atoms with Crippen molar-refractivity contribution in [1.29, 1.82) is 0 Å². The number of nitrogens with one attached hydrogen (secondary N) is 1. The molecule has 112 valence electrons. The number of hydrogen-bond donors (Lipinski definition) is 3. The van der Waals surface area contributed by atoms with Crippen molar-refractivity contribution < 1.29 is 9.90 Å². The molecule has 5 heteroatoms. The lowest BCUT2D eigenvalue weighted by Gasteiger charge is -2.25. The van der Waals surface area contributed by atoms with E-state index in [0.717, 1.165) is 11.3 Å². The maximum Gasteiger partial charge on any atom is 0.225 e. The van der Waals surface area contributed by atoms with Crippen molar-refractivity contribution in [1.82, 2.24) is 4.90 Å². The fourth-order valence-corrected chi connectivity index (χ4v) is 2.04. The molecule has 0 saturated carbocycles. The van der Waals surface area contributed by atoms with Gasteiger partial charge in [0, 0.05) is 36.9 Å². The van der Waals surface area contributed by atoms with E-state index in [0.29, 0.717) is 31.2 Å². The minimum absolute atomic E-state index is 0.0264. The summed E-state index contributed by atoms with van der Waals surface area (Å²) in [7, 11) is 0. The molecule has 4 N–H and O–H groups in total. The van der Waals surface area contributed by atoms with Crippen molar-refractivity contribution >= 4 is 17.3 Å². The van der Waals surface area contributed by atoms with Crippen LogP contribution in [0.3, 0.4) is 0 Å². The first-order valence-corrected chi connectivity index (χ1v) is 6.95. The highest BCUT2D eigenvalue weighted by atomic mass is 16.3. The number of anilines is 2. The Kier molecular flexibility index (Phi) is 6.48. The van der Waals surface area contributed by atoms with Gasteiger partial charge in [-0.25, -0.2) is 0 Å². The molecule has 0 unspecified atom stereocenters. The van der Waals surface area contributed by atoms with Crippen LogP contribution in [0, 0.1) is 6.92 Å². The average molecular weight is 279 g/mol. The number of carbonyl (C=O) groups excluding carboxylic acids is 1. The van der Waals surface area contributed by atoms with Crippen LogP contribution in [0.25, 0.3) is 0 Å². The number of aliphatic hydroxyl groups excluding tert-OH is 1. The highest BCUT2D eigenvalue weighted by Gasteiger charge is 2.11. The largest absolute Gasteiger partial charge is 0.399 e. The van der Waals surface area contributed by atoms with E-state index in [1.165, 1.54) is 0 Å². The fourth-order valence-electron chi connectivity index (χ4n) is 2.04. The summed E-state index contributed by atoms with van der Waals surface area (Å²) in [6.45, 7) is 7.36. The lowest BCUT2D eigenvalue weighted by Crippen LogP contribution is -2.35. The van der Waals surface area contributed by atoms with Gasteiger partial charge in [-0.1, -0.05) is 0 Å². The van der Waals surface area contributed by atoms with Crippen LogP contribution < -0.4 is 11.1 Å². The summed E-state index contributed by atoms with van der Waals surface area (Å²) in [6, 6.07) is 5.74. The van der Waals surface area contributed by atoms with Gasteiger partial charge >= 0.3 is 0 Å². The van der Waals surface area contributed by atoms with Crippen LogP contribution in [-0.4, -0.2) is 41.7 Å². The SMILES string of the molecule is Cc1cc(N)ccc1NC(=O)CCN(CCO)C(C)C. The number of hydrogen-bond acceptors (Lipinski definition) is 4. The van der Waals surface area contributed by atoms with Gasteiger partial charge in [0.1, 0.15) is 0 Å². The van der Waals surface area contributed by atoms with Gasteiger partial charge in [-0.2, -0.15) is 0 Å². The predicted molar refractivity (Wildman–Crippen MR) is 82.6 cm³/mol. The molecule has 0 radical (unpaired) electrons. The zero-order valence-corrected chi connectivity index (χ0v) is 12.5. The van der Waals surface area contributed by atoms with E-state index < -0.39 is 0 Å². The average Bonchev–Trinajstić information content (AvgIpc) is 2.37. The highest BCUT2D eigenvalue weighted by Crippen LogP contribution is 2.17. The lowest BCUT2D eigenvalue weighted by molar-refractivity contribution is -0.116. The molecule has 0 heterocycles. The number of amides is 1. The second kappa shape index (κ2) is 7.87. The van der Waals surface area contributed by atoms with Gasteiger partial charge in [0.05, 0.1) is 6.61 Å². The van der Waals surface area contributed by atoms with Gasteiger partial charge in [0.25, 0.3) is 0 Å². The van der Waals surface area contributed by atoms with Crippen LogP contribution in [-0.2, 0) is 4.79 Å². The van der Waals surface area contributed by atoms with Gasteiger partial charge in [-0.05, 0) is 44.5 Å². The van der Waals surface area contributed by atoms with Crippen molar-refractivity contribution in [2.75, 3.05) is 30.7 Å². The topological polar surface area (TPSA) is 78.6 Å². The molecule has 0 atom stereocenters. The van der Waals surface area contributed by atoms with E-state index in [1.807, 2.05) is 19.1 Å². The first-order chi connectivity index (χ1) is 9.43. The van der Waals surface area contributed by atoms with Gasteiger partial charge in [-0.3, -0.25) is 9.69 Å². The fraction of sp³-hybridized carbons (Fsp3) is 0.533. The molecule has 0 spiro atoms. The molecular formula is C15H25N3O2. The van der Waals surface area contributed by atoms with Crippen molar-refractivity contribution in [3.8, 4) is 0 Å². The predicted octanol–water partition coefficient (Wildman–Crippen LogP) is 1.61. The van der Waals surface area contributed by atoms with Crippen LogP contribution in [0.15, 0.2) is 18.2 Å². The maximum atomic E-state index is 11.9. The lowest BCUT2D eigenvalue weighted by atomic mass is 10.1. The zero-order valence-electron chi connectivity index (χ0n) is 12.5. The van der Waals surface area contributed by atoms with Crippen molar-refractivity contribution in [3.63, 3.8) is 0 Å². The summed E-state index contributed by atoms with van der Waals surface area (Å²) in [4.78, 5) is 14.0. The molecule has 0 fully saturated rings. The molecule has 1 amide bonds. The summed E-state index contributed by atoms with van der Waals surface area (Å²) < 4.78 is 0. The Bertz CT molecular complexity index is 447. The summed E-state index contributed by atoms with van der Waals surface area (Å²) in [6.07, 6.45) is 0.405. The smallest absolute Gasteiger partial charge is 0.225 e. The van der Waals surface area contributed by atoms with E-state index in [4.69, 9.17) is 10.8 Å². The minimum atomic E-state index is -0.0264. The summed E-state index contributed by atoms with van der Waals surface area (Å²) in [5.41, 5.74) is 8.12. The summed E-state index contributed by atoms with van der Waals surface area (Å²) >= 11 is 0. The Labute approximate surface area is 120 Å². The van der Waals surface area contributed by atoms with E-state index >= 15 is 0 Å². The third-order valence-electron chi connectivity index (χ3n) is 3.27. The number of nitrogens with two attached hydrogens (primary N) is 1. The van der Waals surface area contributed by atoms with Crippen molar-refractivity contribution in [2.45, 2.75) is 33.2 Å². The Morgan fingerprint density at radius 2 is 2.10 bits per heavy atom. The molecule has 1 aromatic rings. The van der Waals surface area contributed by atoms with Crippen molar-refractivity contribution in [2.24, 2.45) is 0 Å². The monoisotopic (exact) mass is 279 g/mol. The molecular weight excluding hydrogens is 254 g/mol. The molecule has 0 aromatic heterocycles. The van der Waals surface area contributed by atoms with Gasteiger partial charge in [0.15, 0.2) is 0 Å². The minimum Gasteiger partial charge on any atom is -0.399 e. The van der Waals surface area contributed by atoms with Crippen LogP contribution >= 0.6 is 0 Å². The normalized spacial score (nSPS) is 11.1. The molecule has 5 nitrogen and oxygen atoms in total. The van der Waals surface area contributed by atoms with E-state index in [-0.39, 0.29) is 12.5 Å². The van der Waals surface area contributed by atoms with E-state index in [9.17, 15) is 4.79 Å². The standard InChI is InChI=1S/C15H25N3O2/c1-11(2)18(8-9-19)7-6-15(20)17-14-5-4-13(16)10-12(14)3/h4-5,10-11,19H,6-9,16H2,1-3H3,(H,17,20).